The van der Waals surface area contributed by atoms with Crippen LogP contribution in [0.15, 0.2) is 42.5 Å². The maximum atomic E-state index is 12.3. The summed E-state index contributed by atoms with van der Waals surface area (Å²) in [6.45, 7) is 5.90. The van der Waals surface area contributed by atoms with E-state index in [4.69, 9.17) is 11.6 Å². The van der Waals surface area contributed by atoms with Crippen molar-refractivity contribution in [3.63, 3.8) is 0 Å². The molecule has 0 radical (unpaired) electrons. The lowest BCUT2D eigenvalue weighted by molar-refractivity contribution is 0.0939. The third-order valence-electron chi connectivity index (χ3n) is 3.36. The summed E-state index contributed by atoms with van der Waals surface area (Å²) in [5, 5.41) is 3.71. The van der Waals surface area contributed by atoms with E-state index < -0.39 is 0 Å². The van der Waals surface area contributed by atoms with E-state index >= 15 is 0 Å². The molecule has 2 nitrogen and oxygen atoms in total. The minimum Gasteiger partial charge on any atom is -0.346 e. The van der Waals surface area contributed by atoms with Gasteiger partial charge in [0.25, 0.3) is 5.91 Å². The number of nitrogens with one attached hydrogen (secondary N) is 1. The standard InChI is InChI=1S/C17H18ClNO/c1-11-4-5-12(2)16(10-11)17(20)19-13(3)14-6-8-15(18)9-7-14/h4-10,13H,1-3H3,(H,19,20). The van der Waals surface area contributed by atoms with Crippen molar-refractivity contribution in [1.29, 1.82) is 0 Å². The number of carbonyl (C=O) groups is 1. The summed E-state index contributed by atoms with van der Waals surface area (Å²) in [4.78, 5) is 12.3. The van der Waals surface area contributed by atoms with E-state index in [-0.39, 0.29) is 11.9 Å². The highest BCUT2D eigenvalue weighted by molar-refractivity contribution is 6.30. The van der Waals surface area contributed by atoms with Gasteiger partial charge in [-0.3, -0.25) is 4.79 Å². The van der Waals surface area contributed by atoms with Crippen LogP contribution in [0.2, 0.25) is 5.02 Å². The van der Waals surface area contributed by atoms with E-state index in [0.717, 1.165) is 22.3 Å². The topological polar surface area (TPSA) is 29.1 Å². The van der Waals surface area contributed by atoms with Crippen LogP contribution >= 0.6 is 11.6 Å². The molecule has 0 saturated heterocycles. The second kappa shape index (κ2) is 6.10. The van der Waals surface area contributed by atoms with E-state index in [1.54, 1.807) is 0 Å². The van der Waals surface area contributed by atoms with Crippen molar-refractivity contribution in [2.45, 2.75) is 26.8 Å². The molecule has 0 saturated carbocycles. The first-order chi connectivity index (χ1) is 9.47. The summed E-state index contributed by atoms with van der Waals surface area (Å²) in [5.74, 6) is -0.0475. The van der Waals surface area contributed by atoms with Crippen molar-refractivity contribution in [2.75, 3.05) is 0 Å². The van der Waals surface area contributed by atoms with Crippen LogP contribution in [-0.2, 0) is 0 Å². The molecule has 0 fully saturated rings. The van der Waals surface area contributed by atoms with E-state index in [0.29, 0.717) is 5.02 Å². The van der Waals surface area contributed by atoms with Gasteiger partial charge in [-0.25, -0.2) is 0 Å². The Balaban J connectivity index is 2.15. The van der Waals surface area contributed by atoms with Crippen molar-refractivity contribution in [3.8, 4) is 0 Å². The summed E-state index contributed by atoms with van der Waals surface area (Å²) in [7, 11) is 0. The molecule has 20 heavy (non-hydrogen) atoms. The lowest BCUT2D eigenvalue weighted by Gasteiger charge is -2.15. The average molecular weight is 288 g/mol. The number of amides is 1. The second-order valence-electron chi connectivity index (χ2n) is 5.07. The molecule has 1 N–H and O–H groups in total. The molecule has 3 heteroatoms. The summed E-state index contributed by atoms with van der Waals surface area (Å²) in [6.07, 6.45) is 0. The van der Waals surface area contributed by atoms with Crippen LogP contribution in [0.5, 0.6) is 0 Å². The summed E-state index contributed by atoms with van der Waals surface area (Å²) >= 11 is 5.87. The Morgan fingerprint density at radius 3 is 2.40 bits per heavy atom. The van der Waals surface area contributed by atoms with Crippen LogP contribution < -0.4 is 5.32 Å². The van der Waals surface area contributed by atoms with Gasteiger partial charge in [0.2, 0.25) is 0 Å². The molecule has 0 bridgehead atoms. The highest BCUT2D eigenvalue weighted by Gasteiger charge is 2.13. The molecular formula is C17H18ClNO. The van der Waals surface area contributed by atoms with Gasteiger partial charge in [0, 0.05) is 10.6 Å². The third kappa shape index (κ3) is 3.40. The van der Waals surface area contributed by atoms with Gasteiger partial charge >= 0.3 is 0 Å². The van der Waals surface area contributed by atoms with Gasteiger partial charge in [-0.05, 0) is 50.1 Å². The quantitative estimate of drug-likeness (QED) is 0.888. The molecule has 1 unspecified atom stereocenters. The Morgan fingerprint density at radius 2 is 1.75 bits per heavy atom. The summed E-state index contributed by atoms with van der Waals surface area (Å²) < 4.78 is 0. The van der Waals surface area contributed by atoms with E-state index in [2.05, 4.69) is 5.32 Å². The molecule has 1 atom stereocenters. The number of carbonyl (C=O) groups excluding carboxylic acids is 1. The Labute approximate surface area is 124 Å². The summed E-state index contributed by atoms with van der Waals surface area (Å²) in [6, 6.07) is 13.4. The highest BCUT2D eigenvalue weighted by atomic mass is 35.5. The van der Waals surface area contributed by atoms with Crippen LogP contribution in [0, 0.1) is 13.8 Å². The van der Waals surface area contributed by atoms with Crippen molar-refractivity contribution in [1.82, 2.24) is 5.32 Å². The van der Waals surface area contributed by atoms with Crippen molar-refractivity contribution >= 4 is 17.5 Å². The zero-order valence-corrected chi connectivity index (χ0v) is 12.7. The van der Waals surface area contributed by atoms with Crippen molar-refractivity contribution in [2.24, 2.45) is 0 Å². The fraction of sp³-hybridized carbons (Fsp3) is 0.235. The third-order valence-corrected chi connectivity index (χ3v) is 3.61. The van der Waals surface area contributed by atoms with Crippen LogP contribution in [0.1, 0.15) is 40.0 Å². The number of hydrogen-bond donors (Lipinski definition) is 1. The molecule has 0 aliphatic heterocycles. The fourth-order valence-corrected chi connectivity index (χ4v) is 2.22. The predicted octanol–water partition coefficient (Wildman–Crippen LogP) is 4.45. The summed E-state index contributed by atoms with van der Waals surface area (Å²) in [5.41, 5.74) is 3.83. The minimum absolute atomic E-state index is 0.0475. The molecule has 0 aliphatic rings. The molecule has 1 amide bonds. The van der Waals surface area contributed by atoms with Gasteiger partial charge in [-0.15, -0.1) is 0 Å². The van der Waals surface area contributed by atoms with Crippen molar-refractivity contribution in [3.05, 3.63) is 69.7 Å². The number of benzene rings is 2. The fourth-order valence-electron chi connectivity index (χ4n) is 2.09. The molecule has 0 aliphatic carbocycles. The Bertz CT molecular complexity index is 619. The molecule has 0 heterocycles. The first-order valence-corrected chi connectivity index (χ1v) is 6.99. The van der Waals surface area contributed by atoms with Gasteiger partial charge in [0.15, 0.2) is 0 Å². The lowest BCUT2D eigenvalue weighted by Crippen LogP contribution is -2.27. The molecule has 2 aromatic carbocycles. The Hall–Kier alpha value is -1.80. The SMILES string of the molecule is Cc1ccc(C)c(C(=O)NC(C)c2ccc(Cl)cc2)c1. The number of rotatable bonds is 3. The zero-order valence-electron chi connectivity index (χ0n) is 11.9. The first kappa shape index (κ1) is 14.6. The normalized spacial score (nSPS) is 12.0. The largest absolute Gasteiger partial charge is 0.346 e. The molecule has 0 spiro atoms. The smallest absolute Gasteiger partial charge is 0.252 e. The maximum absolute atomic E-state index is 12.3. The van der Waals surface area contributed by atoms with Crippen LogP contribution in [0.3, 0.4) is 0 Å². The van der Waals surface area contributed by atoms with Crippen LogP contribution in [0.4, 0.5) is 0 Å². The van der Waals surface area contributed by atoms with E-state index in [1.165, 1.54) is 0 Å². The van der Waals surface area contributed by atoms with Gasteiger partial charge in [-0.2, -0.15) is 0 Å². The lowest BCUT2D eigenvalue weighted by atomic mass is 10.0. The average Bonchev–Trinajstić information content (AvgIpc) is 2.42. The molecule has 104 valence electrons. The molecule has 2 rings (SSSR count). The van der Waals surface area contributed by atoms with Gasteiger partial charge in [0.05, 0.1) is 6.04 Å². The minimum atomic E-state index is -0.0559. The Morgan fingerprint density at radius 1 is 1.10 bits per heavy atom. The first-order valence-electron chi connectivity index (χ1n) is 6.61. The molecular weight excluding hydrogens is 270 g/mol. The van der Waals surface area contributed by atoms with Gasteiger partial charge in [0.1, 0.15) is 0 Å². The highest BCUT2D eigenvalue weighted by Crippen LogP contribution is 2.17. The van der Waals surface area contributed by atoms with Crippen LogP contribution in [-0.4, -0.2) is 5.91 Å². The number of aryl methyl sites for hydroxylation is 2. The predicted molar refractivity (Wildman–Crippen MR) is 83.2 cm³/mol. The Kier molecular flexibility index (Phi) is 4.46. The zero-order chi connectivity index (χ0) is 14.7. The number of halogens is 1. The van der Waals surface area contributed by atoms with Gasteiger partial charge in [-0.1, -0.05) is 41.4 Å². The van der Waals surface area contributed by atoms with Crippen molar-refractivity contribution < 1.29 is 4.79 Å². The molecule has 2 aromatic rings. The number of hydrogen-bond acceptors (Lipinski definition) is 1. The monoisotopic (exact) mass is 287 g/mol. The molecule has 0 aromatic heterocycles. The van der Waals surface area contributed by atoms with Crippen LogP contribution in [0.25, 0.3) is 0 Å². The van der Waals surface area contributed by atoms with E-state index in [9.17, 15) is 4.79 Å². The van der Waals surface area contributed by atoms with E-state index in [1.807, 2.05) is 63.2 Å². The second-order valence-corrected chi connectivity index (χ2v) is 5.50. The maximum Gasteiger partial charge on any atom is 0.252 e. The van der Waals surface area contributed by atoms with Gasteiger partial charge < -0.3 is 5.32 Å².